The van der Waals surface area contributed by atoms with Crippen molar-refractivity contribution in [1.29, 1.82) is 0 Å². The first-order valence-electron chi connectivity index (χ1n) is 4.53. The number of hydrogen-bond acceptors (Lipinski definition) is 2. The molecule has 0 aliphatic rings. The maximum absolute atomic E-state index is 9.94. The molecule has 1 unspecified atom stereocenters. The molecule has 2 nitrogen and oxygen atoms in total. The van der Waals surface area contributed by atoms with Gasteiger partial charge >= 0.3 is 0 Å². The Morgan fingerprint density at radius 3 is 2.15 bits per heavy atom. The van der Waals surface area contributed by atoms with Gasteiger partial charge in [0.25, 0.3) is 0 Å². The van der Waals surface area contributed by atoms with E-state index in [1.807, 2.05) is 38.1 Å². The maximum atomic E-state index is 9.94. The van der Waals surface area contributed by atoms with Gasteiger partial charge in [-0.1, -0.05) is 36.8 Å². The van der Waals surface area contributed by atoms with Gasteiger partial charge in [0, 0.05) is 0 Å². The molecule has 1 aromatic rings. The molecular formula is C11H16O2. The van der Waals surface area contributed by atoms with Crippen LogP contribution in [0.5, 0.6) is 0 Å². The number of rotatable bonds is 3. The van der Waals surface area contributed by atoms with Gasteiger partial charge in [-0.05, 0) is 18.9 Å². The first-order valence-corrected chi connectivity index (χ1v) is 4.53. The van der Waals surface area contributed by atoms with E-state index in [2.05, 4.69) is 0 Å². The molecule has 0 saturated heterocycles. The minimum Gasteiger partial charge on any atom is -0.393 e. The molecule has 0 bridgehead atoms. The SMILES string of the molecule is CCC(O)(CO)c1ccc(C)cc1. The van der Waals surface area contributed by atoms with Gasteiger partial charge in [-0.2, -0.15) is 0 Å². The molecule has 0 amide bonds. The molecular weight excluding hydrogens is 164 g/mol. The predicted molar refractivity (Wildman–Crippen MR) is 52.5 cm³/mol. The number of aliphatic hydroxyl groups excluding tert-OH is 1. The van der Waals surface area contributed by atoms with E-state index in [0.29, 0.717) is 6.42 Å². The van der Waals surface area contributed by atoms with Crippen molar-refractivity contribution in [2.24, 2.45) is 0 Å². The minimum absolute atomic E-state index is 0.230. The van der Waals surface area contributed by atoms with Crippen molar-refractivity contribution >= 4 is 0 Å². The van der Waals surface area contributed by atoms with E-state index in [-0.39, 0.29) is 6.61 Å². The van der Waals surface area contributed by atoms with Crippen LogP contribution in [0.4, 0.5) is 0 Å². The Labute approximate surface area is 78.8 Å². The fraction of sp³-hybridized carbons (Fsp3) is 0.455. The highest BCUT2D eigenvalue weighted by molar-refractivity contribution is 5.26. The molecule has 1 atom stereocenters. The van der Waals surface area contributed by atoms with Crippen LogP contribution in [0.2, 0.25) is 0 Å². The third-order valence-corrected chi connectivity index (χ3v) is 2.44. The predicted octanol–water partition coefficient (Wildman–Crippen LogP) is 1.58. The van der Waals surface area contributed by atoms with E-state index >= 15 is 0 Å². The summed E-state index contributed by atoms with van der Waals surface area (Å²) in [5.41, 5.74) is 0.858. The summed E-state index contributed by atoms with van der Waals surface area (Å²) in [7, 11) is 0. The molecule has 2 N–H and O–H groups in total. The second-order valence-corrected chi connectivity index (χ2v) is 3.41. The molecule has 0 aliphatic heterocycles. The average Bonchev–Trinajstić information content (AvgIpc) is 2.18. The van der Waals surface area contributed by atoms with Gasteiger partial charge in [0.05, 0.1) is 6.61 Å². The van der Waals surface area contributed by atoms with Crippen LogP contribution in [0.25, 0.3) is 0 Å². The summed E-state index contributed by atoms with van der Waals surface area (Å²) in [5, 5.41) is 19.0. The normalized spacial score (nSPS) is 15.4. The summed E-state index contributed by atoms with van der Waals surface area (Å²) in [6, 6.07) is 7.58. The first kappa shape index (κ1) is 10.2. The first-order chi connectivity index (χ1) is 6.12. The standard InChI is InChI=1S/C11H16O2/c1-3-11(13,8-12)10-6-4-9(2)5-7-10/h4-7,12-13H,3,8H2,1-2H3. The lowest BCUT2D eigenvalue weighted by molar-refractivity contribution is -0.0222. The van der Waals surface area contributed by atoms with Gasteiger partial charge in [0.1, 0.15) is 5.60 Å². The highest BCUT2D eigenvalue weighted by Crippen LogP contribution is 2.24. The van der Waals surface area contributed by atoms with Crippen LogP contribution >= 0.6 is 0 Å². The van der Waals surface area contributed by atoms with Crippen LogP contribution in [0.15, 0.2) is 24.3 Å². The lowest BCUT2D eigenvalue weighted by atomic mass is 9.91. The Hall–Kier alpha value is -0.860. The quantitative estimate of drug-likeness (QED) is 0.741. The van der Waals surface area contributed by atoms with Crippen LogP contribution in [0, 0.1) is 6.92 Å². The molecule has 0 heterocycles. The summed E-state index contributed by atoms with van der Waals surface area (Å²) in [4.78, 5) is 0. The van der Waals surface area contributed by atoms with Gasteiger partial charge < -0.3 is 10.2 Å². The van der Waals surface area contributed by atoms with Crippen molar-refractivity contribution in [3.05, 3.63) is 35.4 Å². The van der Waals surface area contributed by atoms with E-state index in [4.69, 9.17) is 5.11 Å². The van der Waals surface area contributed by atoms with Crippen molar-refractivity contribution in [3.8, 4) is 0 Å². The molecule has 1 aromatic carbocycles. The van der Waals surface area contributed by atoms with Crippen molar-refractivity contribution < 1.29 is 10.2 Å². The molecule has 0 radical (unpaired) electrons. The Balaban J connectivity index is 2.99. The van der Waals surface area contributed by atoms with Gasteiger partial charge in [-0.25, -0.2) is 0 Å². The van der Waals surface area contributed by atoms with E-state index in [1.54, 1.807) is 0 Å². The number of benzene rings is 1. The van der Waals surface area contributed by atoms with Gasteiger partial charge in [0.2, 0.25) is 0 Å². The maximum Gasteiger partial charge on any atom is 0.112 e. The molecule has 1 rings (SSSR count). The third kappa shape index (κ3) is 2.08. The van der Waals surface area contributed by atoms with Gasteiger partial charge in [0.15, 0.2) is 0 Å². The van der Waals surface area contributed by atoms with Gasteiger partial charge in [-0.15, -0.1) is 0 Å². The van der Waals surface area contributed by atoms with E-state index < -0.39 is 5.60 Å². The van der Waals surface area contributed by atoms with Crippen molar-refractivity contribution in [3.63, 3.8) is 0 Å². The van der Waals surface area contributed by atoms with Crippen LogP contribution < -0.4 is 0 Å². The number of hydrogen-bond donors (Lipinski definition) is 2. The second kappa shape index (κ2) is 3.90. The summed E-state index contributed by atoms with van der Waals surface area (Å²) < 4.78 is 0. The third-order valence-electron chi connectivity index (χ3n) is 2.44. The fourth-order valence-electron chi connectivity index (χ4n) is 1.27. The minimum atomic E-state index is -1.08. The smallest absolute Gasteiger partial charge is 0.112 e. The molecule has 13 heavy (non-hydrogen) atoms. The number of aryl methyl sites for hydroxylation is 1. The van der Waals surface area contributed by atoms with E-state index in [1.165, 1.54) is 0 Å². The van der Waals surface area contributed by atoms with Crippen LogP contribution in [-0.2, 0) is 5.60 Å². The zero-order chi connectivity index (χ0) is 9.90. The summed E-state index contributed by atoms with van der Waals surface area (Å²) in [6.45, 7) is 3.62. The topological polar surface area (TPSA) is 40.5 Å². The summed E-state index contributed by atoms with van der Waals surface area (Å²) in [5.74, 6) is 0. The van der Waals surface area contributed by atoms with Crippen LogP contribution in [0.1, 0.15) is 24.5 Å². The number of aliphatic hydroxyl groups is 2. The molecule has 0 aliphatic carbocycles. The summed E-state index contributed by atoms with van der Waals surface area (Å²) >= 11 is 0. The molecule has 0 saturated carbocycles. The molecule has 2 heteroatoms. The fourth-order valence-corrected chi connectivity index (χ4v) is 1.27. The Kier molecular flexibility index (Phi) is 3.07. The van der Waals surface area contributed by atoms with Crippen molar-refractivity contribution in [1.82, 2.24) is 0 Å². The molecule has 0 fully saturated rings. The zero-order valence-electron chi connectivity index (χ0n) is 8.12. The van der Waals surface area contributed by atoms with Gasteiger partial charge in [-0.3, -0.25) is 0 Å². The van der Waals surface area contributed by atoms with E-state index in [9.17, 15) is 5.11 Å². The highest BCUT2D eigenvalue weighted by atomic mass is 16.3. The molecule has 72 valence electrons. The Morgan fingerprint density at radius 2 is 1.77 bits per heavy atom. The monoisotopic (exact) mass is 180 g/mol. The lowest BCUT2D eigenvalue weighted by Crippen LogP contribution is -2.29. The molecule has 0 spiro atoms. The lowest BCUT2D eigenvalue weighted by Gasteiger charge is -2.24. The van der Waals surface area contributed by atoms with Crippen LogP contribution in [0.3, 0.4) is 0 Å². The van der Waals surface area contributed by atoms with Crippen molar-refractivity contribution in [2.45, 2.75) is 25.9 Å². The van der Waals surface area contributed by atoms with E-state index in [0.717, 1.165) is 11.1 Å². The summed E-state index contributed by atoms with van der Waals surface area (Å²) in [6.07, 6.45) is 0.520. The Morgan fingerprint density at radius 1 is 1.23 bits per heavy atom. The largest absolute Gasteiger partial charge is 0.393 e. The second-order valence-electron chi connectivity index (χ2n) is 3.41. The Bertz CT molecular complexity index is 260. The van der Waals surface area contributed by atoms with Crippen molar-refractivity contribution in [2.75, 3.05) is 6.61 Å². The highest BCUT2D eigenvalue weighted by Gasteiger charge is 2.25. The average molecular weight is 180 g/mol. The molecule has 0 aromatic heterocycles. The zero-order valence-corrected chi connectivity index (χ0v) is 8.12. The van der Waals surface area contributed by atoms with Crippen LogP contribution in [-0.4, -0.2) is 16.8 Å².